The molecule has 0 radical (unpaired) electrons. The molecule has 162 valence electrons. The first-order chi connectivity index (χ1) is 14.9. The molecule has 2 heterocycles. The van der Waals surface area contributed by atoms with E-state index < -0.39 is 18.5 Å². The van der Waals surface area contributed by atoms with Crippen molar-refractivity contribution in [3.05, 3.63) is 77.0 Å². The summed E-state index contributed by atoms with van der Waals surface area (Å²) >= 11 is 0. The van der Waals surface area contributed by atoms with Crippen LogP contribution in [0.25, 0.3) is 0 Å². The normalized spacial score (nSPS) is 10.5. The van der Waals surface area contributed by atoms with Gasteiger partial charge in [-0.15, -0.1) is 0 Å². The molecule has 3 aromatic rings. The van der Waals surface area contributed by atoms with Crippen LogP contribution >= 0.6 is 0 Å². The van der Waals surface area contributed by atoms with Crippen molar-refractivity contribution >= 4 is 23.5 Å². The molecule has 0 aliphatic rings. The minimum absolute atomic E-state index is 0.227. The number of anilines is 1. The molecular formula is C23H25N3O5. The third kappa shape index (κ3) is 5.42. The summed E-state index contributed by atoms with van der Waals surface area (Å²) in [6.07, 6.45) is 1.60. The minimum Gasteiger partial charge on any atom is -0.467 e. The molecule has 0 saturated heterocycles. The van der Waals surface area contributed by atoms with Crippen molar-refractivity contribution < 1.29 is 23.5 Å². The van der Waals surface area contributed by atoms with Gasteiger partial charge in [0, 0.05) is 29.2 Å². The number of furan rings is 1. The smallest absolute Gasteiger partial charge is 0.340 e. The molecule has 3 rings (SSSR count). The van der Waals surface area contributed by atoms with E-state index in [0.717, 1.165) is 17.1 Å². The van der Waals surface area contributed by atoms with E-state index in [4.69, 9.17) is 9.15 Å². The van der Waals surface area contributed by atoms with Gasteiger partial charge in [-0.2, -0.15) is 0 Å². The number of hydrogen-bond acceptors (Lipinski definition) is 5. The Morgan fingerprint density at radius 1 is 1.10 bits per heavy atom. The topological polar surface area (TPSA) is 103 Å². The second kappa shape index (κ2) is 9.80. The molecule has 0 spiro atoms. The number of rotatable bonds is 8. The van der Waals surface area contributed by atoms with Gasteiger partial charge in [0.1, 0.15) is 5.76 Å². The monoisotopic (exact) mass is 423 g/mol. The van der Waals surface area contributed by atoms with Crippen LogP contribution in [-0.2, 0) is 16.1 Å². The Balaban J connectivity index is 1.59. The lowest BCUT2D eigenvalue weighted by Crippen LogP contribution is -2.23. The fourth-order valence-electron chi connectivity index (χ4n) is 3.22. The molecule has 0 fully saturated rings. The van der Waals surface area contributed by atoms with Gasteiger partial charge in [-0.25, -0.2) is 4.79 Å². The zero-order valence-corrected chi connectivity index (χ0v) is 17.7. The van der Waals surface area contributed by atoms with E-state index in [9.17, 15) is 14.4 Å². The summed E-state index contributed by atoms with van der Waals surface area (Å²) in [4.78, 5) is 36.6. The van der Waals surface area contributed by atoms with Gasteiger partial charge in [0.2, 0.25) is 0 Å². The fraction of sp³-hybridized carbons (Fsp3) is 0.261. The summed E-state index contributed by atoms with van der Waals surface area (Å²) in [6, 6.07) is 11.9. The lowest BCUT2D eigenvalue weighted by atomic mass is 10.2. The molecule has 31 heavy (non-hydrogen) atoms. The largest absolute Gasteiger partial charge is 0.467 e. The number of carbonyl (C=O) groups is 3. The van der Waals surface area contributed by atoms with Crippen molar-refractivity contribution in [3.63, 3.8) is 0 Å². The number of carbonyl (C=O) groups excluding carboxylic acids is 3. The first kappa shape index (κ1) is 21.9. The highest BCUT2D eigenvalue weighted by Crippen LogP contribution is 2.18. The highest BCUT2D eigenvalue weighted by molar-refractivity contribution is 5.98. The predicted octanol–water partition coefficient (Wildman–Crippen LogP) is 3.29. The molecule has 2 N–H and O–H groups in total. The average Bonchev–Trinajstić information content (AvgIpc) is 3.36. The van der Waals surface area contributed by atoms with Gasteiger partial charge >= 0.3 is 5.97 Å². The fourth-order valence-corrected chi connectivity index (χ4v) is 3.22. The second-order valence-electron chi connectivity index (χ2n) is 7.01. The minimum atomic E-state index is -0.579. The van der Waals surface area contributed by atoms with Gasteiger partial charge in [0.15, 0.2) is 6.61 Å². The van der Waals surface area contributed by atoms with Crippen LogP contribution in [0.4, 0.5) is 5.69 Å². The number of amides is 2. The molecule has 2 amide bonds. The Kier molecular flexibility index (Phi) is 6.92. The van der Waals surface area contributed by atoms with Crippen LogP contribution in [0.15, 0.2) is 53.1 Å². The molecule has 0 aliphatic carbocycles. The maximum atomic E-state index is 12.5. The molecule has 0 aliphatic heterocycles. The molecule has 0 unspecified atom stereocenters. The van der Waals surface area contributed by atoms with Gasteiger partial charge in [-0.05, 0) is 57.2 Å². The second-order valence-corrected chi connectivity index (χ2v) is 7.01. The Hall–Kier alpha value is -3.81. The van der Waals surface area contributed by atoms with Gasteiger partial charge < -0.3 is 24.4 Å². The lowest BCUT2D eigenvalue weighted by Gasteiger charge is -2.09. The number of benzene rings is 1. The summed E-state index contributed by atoms with van der Waals surface area (Å²) in [7, 11) is 0. The highest BCUT2D eigenvalue weighted by Gasteiger charge is 2.19. The SMILES string of the molecule is CCNC(=O)c1cccc(NC(=O)COC(=O)c2cc(C)n(Cc3ccco3)c2C)c1. The van der Waals surface area contributed by atoms with Crippen LogP contribution < -0.4 is 10.6 Å². The Bertz CT molecular complexity index is 1080. The quantitative estimate of drug-likeness (QED) is 0.541. The standard InChI is InChI=1S/C23H25N3O5/c1-4-24-22(28)17-7-5-8-18(12-17)25-21(27)14-31-23(29)20-11-15(2)26(16(20)3)13-19-9-6-10-30-19/h5-12H,4,13-14H2,1-3H3,(H,24,28)(H,25,27). The van der Waals surface area contributed by atoms with Crippen LogP contribution in [0.5, 0.6) is 0 Å². The van der Waals surface area contributed by atoms with E-state index in [1.807, 2.05) is 37.5 Å². The van der Waals surface area contributed by atoms with E-state index in [1.165, 1.54) is 0 Å². The van der Waals surface area contributed by atoms with E-state index in [0.29, 0.717) is 29.9 Å². The summed E-state index contributed by atoms with van der Waals surface area (Å²) < 4.78 is 12.5. The maximum Gasteiger partial charge on any atom is 0.340 e. The number of ether oxygens (including phenoxy) is 1. The molecule has 1 aromatic carbocycles. The third-order valence-corrected chi connectivity index (χ3v) is 4.77. The average molecular weight is 423 g/mol. The van der Waals surface area contributed by atoms with Gasteiger partial charge in [0.25, 0.3) is 11.8 Å². The van der Waals surface area contributed by atoms with E-state index in [-0.39, 0.29) is 5.91 Å². The third-order valence-electron chi connectivity index (χ3n) is 4.77. The molecule has 8 nitrogen and oxygen atoms in total. The zero-order valence-electron chi connectivity index (χ0n) is 17.7. The number of nitrogens with zero attached hydrogens (tertiary/aromatic N) is 1. The molecule has 2 aromatic heterocycles. The van der Waals surface area contributed by atoms with Crippen molar-refractivity contribution in [2.75, 3.05) is 18.5 Å². The number of hydrogen-bond donors (Lipinski definition) is 2. The highest BCUT2D eigenvalue weighted by atomic mass is 16.5. The van der Waals surface area contributed by atoms with Crippen LogP contribution in [0.3, 0.4) is 0 Å². The van der Waals surface area contributed by atoms with Crippen molar-refractivity contribution in [2.24, 2.45) is 0 Å². The molecule has 8 heteroatoms. The van der Waals surface area contributed by atoms with Crippen molar-refractivity contribution in [1.82, 2.24) is 9.88 Å². The van der Waals surface area contributed by atoms with Crippen LogP contribution in [0.2, 0.25) is 0 Å². The van der Waals surface area contributed by atoms with Crippen LogP contribution in [0.1, 0.15) is 44.8 Å². The Morgan fingerprint density at radius 2 is 1.90 bits per heavy atom. The van der Waals surface area contributed by atoms with Crippen LogP contribution in [0, 0.1) is 13.8 Å². The number of esters is 1. The predicted molar refractivity (Wildman–Crippen MR) is 115 cm³/mol. The maximum absolute atomic E-state index is 12.5. The molecular weight excluding hydrogens is 398 g/mol. The number of aryl methyl sites for hydroxylation is 1. The first-order valence-corrected chi connectivity index (χ1v) is 9.93. The summed E-state index contributed by atoms with van der Waals surface area (Å²) in [5.41, 5.74) is 2.89. The van der Waals surface area contributed by atoms with Crippen LogP contribution in [-0.4, -0.2) is 35.5 Å². The number of aromatic nitrogens is 1. The summed E-state index contributed by atoms with van der Waals surface area (Å²) in [6.45, 7) is 6.10. The van der Waals surface area contributed by atoms with Gasteiger partial charge in [-0.3, -0.25) is 9.59 Å². The first-order valence-electron chi connectivity index (χ1n) is 9.93. The Morgan fingerprint density at radius 3 is 2.61 bits per heavy atom. The van der Waals surface area contributed by atoms with E-state index in [1.54, 1.807) is 36.6 Å². The zero-order chi connectivity index (χ0) is 22.4. The molecule has 0 atom stereocenters. The van der Waals surface area contributed by atoms with E-state index >= 15 is 0 Å². The molecule has 0 saturated carbocycles. The van der Waals surface area contributed by atoms with Gasteiger partial charge in [0.05, 0.1) is 18.4 Å². The summed E-state index contributed by atoms with van der Waals surface area (Å²) in [5, 5.41) is 5.33. The van der Waals surface area contributed by atoms with Crippen molar-refractivity contribution in [1.29, 1.82) is 0 Å². The number of nitrogens with one attached hydrogen (secondary N) is 2. The van der Waals surface area contributed by atoms with E-state index in [2.05, 4.69) is 10.6 Å². The Labute approximate surface area is 180 Å². The van der Waals surface area contributed by atoms with Crippen molar-refractivity contribution in [3.8, 4) is 0 Å². The van der Waals surface area contributed by atoms with Gasteiger partial charge in [-0.1, -0.05) is 6.07 Å². The lowest BCUT2D eigenvalue weighted by molar-refractivity contribution is -0.119. The summed E-state index contributed by atoms with van der Waals surface area (Å²) in [5.74, 6) is -0.526. The molecule has 0 bridgehead atoms. The van der Waals surface area contributed by atoms with Crippen molar-refractivity contribution in [2.45, 2.75) is 27.3 Å².